The normalized spacial score (nSPS) is 18.4. The first-order chi connectivity index (χ1) is 8.81. The molecule has 0 saturated heterocycles. The first-order valence-corrected chi connectivity index (χ1v) is 6.47. The lowest BCUT2D eigenvalue weighted by Gasteiger charge is -2.26. The van der Waals surface area contributed by atoms with Crippen LogP contribution in [0.2, 0.25) is 0 Å². The van der Waals surface area contributed by atoms with Gasteiger partial charge >= 0.3 is 0 Å². The summed E-state index contributed by atoms with van der Waals surface area (Å²) in [5.74, 6) is 1.37. The van der Waals surface area contributed by atoms with Crippen molar-refractivity contribution in [3.8, 4) is 5.75 Å². The number of rotatable bonds is 2. The van der Waals surface area contributed by atoms with Crippen molar-refractivity contribution in [2.24, 2.45) is 0 Å². The summed E-state index contributed by atoms with van der Waals surface area (Å²) in [5, 5.41) is 0. The fourth-order valence-corrected chi connectivity index (χ4v) is 3.02. The van der Waals surface area contributed by atoms with Crippen LogP contribution in [0.1, 0.15) is 41.3 Å². The minimum atomic E-state index is 0.371. The lowest BCUT2D eigenvalue weighted by atomic mass is 9.80. The van der Waals surface area contributed by atoms with E-state index in [4.69, 9.17) is 4.74 Å². The van der Waals surface area contributed by atoms with E-state index in [-0.39, 0.29) is 0 Å². The summed E-state index contributed by atoms with van der Waals surface area (Å²) in [6.45, 7) is 2.09. The predicted molar refractivity (Wildman–Crippen MR) is 71.1 cm³/mol. The van der Waals surface area contributed by atoms with Crippen molar-refractivity contribution in [3.63, 3.8) is 0 Å². The van der Waals surface area contributed by atoms with Crippen LogP contribution in [0.15, 0.2) is 24.5 Å². The molecule has 0 saturated carbocycles. The number of fused-ring (bicyclic) bond motifs is 1. The molecule has 1 aromatic carbocycles. The van der Waals surface area contributed by atoms with E-state index < -0.39 is 0 Å². The molecule has 1 heterocycles. The third kappa shape index (κ3) is 1.70. The Labute approximate surface area is 107 Å². The van der Waals surface area contributed by atoms with Gasteiger partial charge in [-0.3, -0.25) is 0 Å². The summed E-state index contributed by atoms with van der Waals surface area (Å²) in [7, 11) is 1.75. The summed E-state index contributed by atoms with van der Waals surface area (Å²) in [5.41, 5.74) is 5.08. The number of methoxy groups -OCH3 is 1. The number of aromatic amines is 1. The molecule has 1 atom stereocenters. The zero-order chi connectivity index (χ0) is 12.5. The van der Waals surface area contributed by atoms with Gasteiger partial charge in [0.1, 0.15) is 5.75 Å². The van der Waals surface area contributed by atoms with Gasteiger partial charge in [0.05, 0.1) is 19.1 Å². The zero-order valence-corrected chi connectivity index (χ0v) is 10.9. The second kappa shape index (κ2) is 4.48. The Hall–Kier alpha value is -1.77. The molecule has 3 rings (SSSR count). The number of hydrogen-bond donors (Lipinski definition) is 1. The average molecular weight is 242 g/mol. The molecular formula is C15H18N2O. The molecule has 0 bridgehead atoms. The third-order valence-electron chi connectivity index (χ3n) is 3.86. The molecule has 0 fully saturated rings. The molecule has 1 aromatic heterocycles. The minimum Gasteiger partial charge on any atom is -0.496 e. The minimum absolute atomic E-state index is 0.371. The van der Waals surface area contributed by atoms with Crippen LogP contribution < -0.4 is 4.74 Å². The highest BCUT2D eigenvalue weighted by molar-refractivity contribution is 5.48. The van der Waals surface area contributed by atoms with Crippen LogP contribution in [-0.2, 0) is 6.42 Å². The molecule has 0 radical (unpaired) electrons. The molecule has 0 spiro atoms. The first kappa shape index (κ1) is 11.3. The highest BCUT2D eigenvalue weighted by atomic mass is 16.5. The van der Waals surface area contributed by atoms with Gasteiger partial charge in [0.25, 0.3) is 0 Å². The van der Waals surface area contributed by atoms with Gasteiger partial charge < -0.3 is 9.72 Å². The number of aromatic nitrogens is 2. The number of imidazole rings is 1. The number of nitrogens with one attached hydrogen (secondary N) is 1. The smallest absolute Gasteiger partial charge is 0.123 e. The van der Waals surface area contributed by atoms with Gasteiger partial charge in [-0.25, -0.2) is 4.98 Å². The maximum atomic E-state index is 5.54. The van der Waals surface area contributed by atoms with Crippen molar-refractivity contribution >= 4 is 0 Å². The van der Waals surface area contributed by atoms with E-state index in [0.29, 0.717) is 5.92 Å². The SMILES string of the molecule is COc1cccc2c1C(c1nc[nH]c1C)CCC2. The van der Waals surface area contributed by atoms with Gasteiger partial charge in [-0.05, 0) is 37.8 Å². The lowest BCUT2D eigenvalue weighted by molar-refractivity contribution is 0.402. The topological polar surface area (TPSA) is 37.9 Å². The molecule has 3 nitrogen and oxygen atoms in total. The number of benzene rings is 1. The van der Waals surface area contributed by atoms with Crippen LogP contribution in [0.3, 0.4) is 0 Å². The molecule has 18 heavy (non-hydrogen) atoms. The molecule has 2 aromatic rings. The maximum Gasteiger partial charge on any atom is 0.123 e. The van der Waals surface area contributed by atoms with Gasteiger partial charge in [0, 0.05) is 17.2 Å². The summed E-state index contributed by atoms with van der Waals surface area (Å²) in [6.07, 6.45) is 5.30. The fraction of sp³-hybridized carbons (Fsp3) is 0.400. The van der Waals surface area contributed by atoms with Crippen LogP contribution in [0.5, 0.6) is 5.75 Å². The lowest BCUT2D eigenvalue weighted by Crippen LogP contribution is -2.13. The average Bonchev–Trinajstić information content (AvgIpc) is 2.83. The molecule has 3 heteroatoms. The number of hydrogen-bond acceptors (Lipinski definition) is 2. The number of aryl methyl sites for hydroxylation is 2. The van der Waals surface area contributed by atoms with E-state index in [1.165, 1.54) is 28.9 Å². The van der Waals surface area contributed by atoms with E-state index in [0.717, 1.165) is 18.6 Å². The Morgan fingerprint density at radius 1 is 1.39 bits per heavy atom. The second-order valence-electron chi connectivity index (χ2n) is 4.89. The Kier molecular flexibility index (Phi) is 2.82. The van der Waals surface area contributed by atoms with Crippen molar-refractivity contribution in [3.05, 3.63) is 47.0 Å². The van der Waals surface area contributed by atoms with Crippen LogP contribution in [0.4, 0.5) is 0 Å². The summed E-state index contributed by atoms with van der Waals surface area (Å²) in [6, 6.07) is 6.35. The zero-order valence-electron chi connectivity index (χ0n) is 10.9. The van der Waals surface area contributed by atoms with Crippen molar-refractivity contribution in [2.45, 2.75) is 32.1 Å². The standard InChI is InChI=1S/C15H18N2O/c1-10-15(17-9-16-10)12-7-3-5-11-6-4-8-13(18-2)14(11)12/h4,6,8-9,12H,3,5,7H2,1-2H3,(H,16,17). The molecule has 94 valence electrons. The number of nitrogens with zero attached hydrogens (tertiary/aromatic N) is 1. The van der Waals surface area contributed by atoms with Gasteiger partial charge in [-0.1, -0.05) is 12.1 Å². The van der Waals surface area contributed by atoms with Gasteiger partial charge in [0.15, 0.2) is 0 Å². The molecule has 0 aliphatic heterocycles. The van der Waals surface area contributed by atoms with E-state index in [1.807, 2.05) is 0 Å². The Morgan fingerprint density at radius 3 is 3.00 bits per heavy atom. The van der Waals surface area contributed by atoms with E-state index in [9.17, 15) is 0 Å². The Balaban J connectivity index is 2.14. The highest BCUT2D eigenvalue weighted by Gasteiger charge is 2.27. The molecule has 1 aliphatic carbocycles. The van der Waals surface area contributed by atoms with Crippen LogP contribution in [-0.4, -0.2) is 17.1 Å². The van der Waals surface area contributed by atoms with Crippen LogP contribution in [0.25, 0.3) is 0 Å². The maximum absolute atomic E-state index is 5.54. The van der Waals surface area contributed by atoms with Crippen LogP contribution in [0, 0.1) is 6.92 Å². The predicted octanol–water partition coefficient (Wildman–Crippen LogP) is 3.19. The van der Waals surface area contributed by atoms with Crippen molar-refractivity contribution in [2.75, 3.05) is 7.11 Å². The summed E-state index contributed by atoms with van der Waals surface area (Å²) < 4.78 is 5.54. The molecule has 0 amide bonds. The van der Waals surface area contributed by atoms with Gasteiger partial charge in [0.2, 0.25) is 0 Å². The fourth-order valence-electron chi connectivity index (χ4n) is 3.02. The third-order valence-corrected chi connectivity index (χ3v) is 3.86. The monoisotopic (exact) mass is 242 g/mol. The molecule has 1 N–H and O–H groups in total. The van der Waals surface area contributed by atoms with E-state index in [2.05, 4.69) is 35.1 Å². The van der Waals surface area contributed by atoms with E-state index in [1.54, 1.807) is 13.4 Å². The largest absolute Gasteiger partial charge is 0.496 e. The highest BCUT2D eigenvalue weighted by Crippen LogP contribution is 2.41. The summed E-state index contributed by atoms with van der Waals surface area (Å²) >= 11 is 0. The van der Waals surface area contributed by atoms with Crippen molar-refractivity contribution in [1.82, 2.24) is 9.97 Å². The number of ether oxygens (including phenoxy) is 1. The molecule has 1 unspecified atom stereocenters. The Morgan fingerprint density at radius 2 is 2.28 bits per heavy atom. The second-order valence-corrected chi connectivity index (χ2v) is 4.89. The first-order valence-electron chi connectivity index (χ1n) is 6.47. The van der Waals surface area contributed by atoms with Crippen LogP contribution >= 0.6 is 0 Å². The van der Waals surface area contributed by atoms with Crippen molar-refractivity contribution < 1.29 is 4.74 Å². The van der Waals surface area contributed by atoms with E-state index >= 15 is 0 Å². The Bertz CT molecular complexity index is 545. The van der Waals surface area contributed by atoms with Crippen molar-refractivity contribution in [1.29, 1.82) is 0 Å². The summed E-state index contributed by atoms with van der Waals surface area (Å²) in [4.78, 5) is 7.68. The van der Waals surface area contributed by atoms with Gasteiger partial charge in [-0.2, -0.15) is 0 Å². The molecule has 1 aliphatic rings. The van der Waals surface area contributed by atoms with Gasteiger partial charge in [-0.15, -0.1) is 0 Å². The number of H-pyrrole nitrogens is 1. The quantitative estimate of drug-likeness (QED) is 0.878. The molecular weight excluding hydrogens is 224 g/mol.